The number of fused-ring (bicyclic) bond motifs is 10. The van der Waals surface area contributed by atoms with E-state index in [2.05, 4.69) is 26.0 Å². The van der Waals surface area contributed by atoms with E-state index in [4.69, 9.17) is 9.47 Å². The number of rotatable bonds is 9. The smallest absolute Gasteiger partial charge is 0.410 e. The number of ketones is 1. The second-order valence-electron chi connectivity index (χ2n) is 15.6. The van der Waals surface area contributed by atoms with Crippen molar-refractivity contribution in [2.75, 3.05) is 26.8 Å². The summed E-state index contributed by atoms with van der Waals surface area (Å²) >= 11 is 1.50. The molecule has 1 heterocycles. The molecule has 282 valence electrons. The summed E-state index contributed by atoms with van der Waals surface area (Å²) in [6.07, 6.45) is 6.12. The van der Waals surface area contributed by atoms with Gasteiger partial charge in [-0.05, 0) is 122 Å². The van der Waals surface area contributed by atoms with Gasteiger partial charge in [0, 0.05) is 35.9 Å². The molecule has 5 aromatic rings. The summed E-state index contributed by atoms with van der Waals surface area (Å²) < 4.78 is 12.4. The number of nitrogens with zero attached hydrogens (tertiary/aromatic N) is 1. The maximum Gasteiger partial charge on any atom is 0.415 e. The zero-order valence-electron chi connectivity index (χ0n) is 31.6. The molecule has 1 fully saturated rings. The maximum absolute atomic E-state index is 14.6. The zero-order chi connectivity index (χ0) is 37.9. The minimum atomic E-state index is -1.28. The van der Waals surface area contributed by atoms with Crippen molar-refractivity contribution >= 4 is 44.1 Å². The molecule has 0 saturated heterocycles. The molecule has 1 saturated carbocycles. The van der Waals surface area contributed by atoms with Gasteiger partial charge in [-0.15, -0.1) is 11.3 Å². The second kappa shape index (κ2) is 16.2. The maximum atomic E-state index is 14.6. The van der Waals surface area contributed by atoms with Crippen molar-refractivity contribution in [3.8, 4) is 5.75 Å². The number of carbonyl (C=O) groups is 2. The Kier molecular flexibility index (Phi) is 11.4. The first-order valence-corrected chi connectivity index (χ1v) is 20.1. The van der Waals surface area contributed by atoms with E-state index in [1.54, 1.807) is 18.1 Å². The Hall–Kier alpha value is -4.34. The van der Waals surface area contributed by atoms with Gasteiger partial charge in [0.25, 0.3) is 0 Å². The lowest BCUT2D eigenvalue weighted by atomic mass is 9.64. The van der Waals surface area contributed by atoms with Gasteiger partial charge in [-0.25, -0.2) is 4.79 Å². The monoisotopic (exact) mass is 745 g/mol. The molecule has 8 rings (SSSR count). The summed E-state index contributed by atoms with van der Waals surface area (Å²) in [5, 5.41) is 27.1. The summed E-state index contributed by atoms with van der Waals surface area (Å²) in [5.41, 5.74) is 1.69. The van der Waals surface area contributed by atoms with Crippen LogP contribution in [-0.4, -0.2) is 65.5 Å². The van der Waals surface area contributed by atoms with E-state index in [0.717, 1.165) is 44.8 Å². The van der Waals surface area contributed by atoms with Crippen LogP contribution in [0.3, 0.4) is 0 Å². The highest BCUT2D eigenvalue weighted by Gasteiger charge is 2.57. The molecule has 3 aliphatic carbocycles. The number of amides is 1. The molecule has 4 atom stereocenters. The van der Waals surface area contributed by atoms with Crippen LogP contribution in [0.25, 0.3) is 20.9 Å². The molecular formula is C46H51NO6S. The minimum Gasteiger partial charge on any atom is -0.410 e. The fraction of sp³-hybridized carbons (Fsp3) is 0.391. The van der Waals surface area contributed by atoms with Gasteiger partial charge < -0.3 is 24.6 Å². The fourth-order valence-electron chi connectivity index (χ4n) is 8.77. The number of hydrogen-bond acceptors (Lipinski definition) is 7. The number of ether oxygens (including phenoxy) is 2. The van der Waals surface area contributed by atoms with E-state index in [1.807, 2.05) is 78.9 Å². The lowest BCUT2D eigenvalue weighted by Gasteiger charge is -2.46. The molecule has 8 heteroatoms. The Morgan fingerprint density at radius 2 is 1.70 bits per heavy atom. The van der Waals surface area contributed by atoms with Gasteiger partial charge >= 0.3 is 6.09 Å². The van der Waals surface area contributed by atoms with E-state index in [-0.39, 0.29) is 18.2 Å². The minimum absolute atomic E-state index is 0.0386. The van der Waals surface area contributed by atoms with Crippen LogP contribution in [0, 0.1) is 5.41 Å². The Balaban J connectivity index is 1.26. The van der Waals surface area contributed by atoms with Crippen molar-refractivity contribution in [2.45, 2.75) is 82.8 Å². The molecular weight excluding hydrogens is 695 g/mol. The van der Waals surface area contributed by atoms with Gasteiger partial charge in [0.1, 0.15) is 5.75 Å². The van der Waals surface area contributed by atoms with Crippen molar-refractivity contribution in [1.82, 2.24) is 4.90 Å². The van der Waals surface area contributed by atoms with Crippen molar-refractivity contribution in [3.63, 3.8) is 0 Å². The first kappa shape index (κ1) is 38.0. The molecule has 4 aromatic carbocycles. The van der Waals surface area contributed by atoms with Crippen LogP contribution in [-0.2, 0) is 11.2 Å². The summed E-state index contributed by atoms with van der Waals surface area (Å²) in [7, 11) is 1.64. The van der Waals surface area contributed by atoms with Crippen LogP contribution in [0.1, 0.15) is 91.1 Å². The SMILES string of the molecule is COCCCN(C[C@]1(O)CC[C@H]2c3ccc(cc3C(=O)c3cc4ccccc4s3)C[C@@H](O)CCC(C)=CCC[C@@]21C)C(=O)Oc1ccc2ccccc2c1. The number of thiophene rings is 1. The zero-order valence-corrected chi connectivity index (χ0v) is 32.4. The van der Waals surface area contributed by atoms with Crippen LogP contribution >= 0.6 is 11.3 Å². The van der Waals surface area contributed by atoms with E-state index in [9.17, 15) is 19.8 Å². The van der Waals surface area contributed by atoms with Crippen LogP contribution in [0.15, 0.2) is 103 Å². The lowest BCUT2D eigenvalue weighted by molar-refractivity contribution is -0.0795. The van der Waals surface area contributed by atoms with Gasteiger partial charge in [0.15, 0.2) is 0 Å². The van der Waals surface area contributed by atoms with E-state index >= 15 is 0 Å². The van der Waals surface area contributed by atoms with Crippen LogP contribution < -0.4 is 4.74 Å². The van der Waals surface area contributed by atoms with E-state index < -0.39 is 23.2 Å². The fourth-order valence-corrected chi connectivity index (χ4v) is 9.79. The van der Waals surface area contributed by atoms with Gasteiger partial charge in [-0.2, -0.15) is 0 Å². The van der Waals surface area contributed by atoms with Crippen LogP contribution in [0.5, 0.6) is 5.75 Å². The van der Waals surface area contributed by atoms with Gasteiger partial charge in [0.05, 0.1) is 23.1 Å². The quantitative estimate of drug-likeness (QED) is 0.0886. The number of aliphatic hydroxyl groups excluding tert-OH is 1. The van der Waals surface area contributed by atoms with Crippen molar-refractivity contribution in [3.05, 3.63) is 124 Å². The number of allylic oxidation sites excluding steroid dienone is 2. The van der Waals surface area contributed by atoms with E-state index in [0.29, 0.717) is 67.9 Å². The molecule has 0 spiro atoms. The van der Waals surface area contributed by atoms with Gasteiger partial charge in [0.2, 0.25) is 5.78 Å². The molecule has 2 bridgehead atoms. The molecule has 2 N–H and O–H groups in total. The molecule has 0 aliphatic heterocycles. The first-order chi connectivity index (χ1) is 26.1. The van der Waals surface area contributed by atoms with E-state index in [1.165, 1.54) is 16.9 Å². The average Bonchev–Trinajstić information content (AvgIpc) is 3.71. The number of benzene rings is 4. The molecule has 7 nitrogen and oxygen atoms in total. The molecule has 3 aliphatic rings. The van der Waals surface area contributed by atoms with Crippen molar-refractivity contribution in [2.24, 2.45) is 5.41 Å². The highest BCUT2D eigenvalue weighted by molar-refractivity contribution is 7.21. The van der Waals surface area contributed by atoms with Crippen LogP contribution in [0.2, 0.25) is 0 Å². The molecule has 0 unspecified atom stereocenters. The summed E-state index contributed by atoms with van der Waals surface area (Å²) in [5.74, 6) is 0.248. The van der Waals surface area contributed by atoms with Crippen molar-refractivity contribution < 1.29 is 29.3 Å². The standard InChI is InChI=1S/C46H51NO6S/c1-31-10-8-22-45(2)40(38-20-16-32(26-36(48)18-15-31)27-39(38)43(49)42-29-35-13-6-7-14-41(35)54-42)21-23-46(45,51)30-47(24-9-25-52-3)44(50)53-37-19-17-33-11-4-5-12-34(33)28-37/h4-7,10-14,16-17,19-20,27-29,36,40,48,51H,8-9,15,18,21-26,30H2,1-3H3/t36-,40-,45-,46+/m0/s1. The third-order valence-electron chi connectivity index (χ3n) is 12.0. The highest BCUT2D eigenvalue weighted by Crippen LogP contribution is 2.59. The lowest BCUT2D eigenvalue weighted by Crippen LogP contribution is -2.54. The molecule has 1 amide bonds. The Morgan fingerprint density at radius 3 is 2.50 bits per heavy atom. The Morgan fingerprint density at radius 1 is 0.926 bits per heavy atom. The van der Waals surface area contributed by atoms with Crippen molar-refractivity contribution in [1.29, 1.82) is 0 Å². The van der Waals surface area contributed by atoms with Gasteiger partial charge in [-0.1, -0.05) is 79.2 Å². The topological polar surface area (TPSA) is 96.3 Å². The first-order valence-electron chi connectivity index (χ1n) is 19.2. The predicted molar refractivity (Wildman–Crippen MR) is 217 cm³/mol. The number of aliphatic hydroxyl groups is 2. The number of hydrogen-bond donors (Lipinski definition) is 2. The number of carbonyl (C=O) groups excluding carboxylic acids is 2. The molecule has 1 aromatic heterocycles. The largest absolute Gasteiger partial charge is 0.415 e. The second-order valence-corrected chi connectivity index (χ2v) is 16.7. The third kappa shape index (κ3) is 7.89. The summed E-state index contributed by atoms with van der Waals surface area (Å²) in [6, 6.07) is 29.7. The normalized spacial score (nSPS) is 23.2. The number of methoxy groups -OCH3 is 1. The summed E-state index contributed by atoms with van der Waals surface area (Å²) in [6.45, 7) is 5.16. The third-order valence-corrected chi connectivity index (χ3v) is 13.1. The van der Waals surface area contributed by atoms with Gasteiger partial charge in [-0.3, -0.25) is 4.79 Å². The highest BCUT2D eigenvalue weighted by atomic mass is 32.1. The molecule has 54 heavy (non-hydrogen) atoms. The Labute approximate surface area is 322 Å². The predicted octanol–water partition coefficient (Wildman–Crippen LogP) is 9.86. The Bertz CT molecular complexity index is 2140. The molecule has 0 radical (unpaired) electrons. The summed E-state index contributed by atoms with van der Waals surface area (Å²) in [4.78, 5) is 31.0. The average molecular weight is 746 g/mol. The van der Waals surface area contributed by atoms with Crippen LogP contribution in [0.4, 0.5) is 4.79 Å².